The van der Waals surface area contributed by atoms with E-state index in [4.69, 9.17) is 21.1 Å². The van der Waals surface area contributed by atoms with E-state index in [1.54, 1.807) is 12.1 Å². The van der Waals surface area contributed by atoms with Gasteiger partial charge in [-0.1, -0.05) is 19.9 Å². The van der Waals surface area contributed by atoms with Crippen molar-refractivity contribution in [1.82, 2.24) is 0 Å². The normalized spacial score (nSPS) is 10.8. The minimum atomic E-state index is -0.465. The number of nitrogens with zero attached hydrogens (tertiary/aromatic N) is 1. The topological polar surface area (TPSA) is 61.6 Å². The summed E-state index contributed by atoms with van der Waals surface area (Å²) in [5.74, 6) is 1.12. The van der Waals surface area contributed by atoms with Crippen LogP contribution in [0, 0.1) is 16.0 Å². The van der Waals surface area contributed by atoms with Gasteiger partial charge in [-0.2, -0.15) is 0 Å². The number of hydrogen-bond donors (Lipinski definition) is 0. The largest absolute Gasteiger partial charge is 0.484 e. The number of alkyl halides is 1. The van der Waals surface area contributed by atoms with Gasteiger partial charge in [-0.15, -0.1) is 11.6 Å². The zero-order valence-corrected chi connectivity index (χ0v) is 12.6. The highest BCUT2D eigenvalue weighted by atomic mass is 35.5. The van der Waals surface area contributed by atoms with Gasteiger partial charge in [-0.05, 0) is 24.0 Å². The molecule has 0 saturated heterocycles. The first kappa shape index (κ1) is 16.7. The van der Waals surface area contributed by atoms with Gasteiger partial charge in [-0.3, -0.25) is 10.1 Å². The van der Waals surface area contributed by atoms with Gasteiger partial charge in [0.1, 0.15) is 6.61 Å². The lowest BCUT2D eigenvalue weighted by atomic mass is 10.1. The van der Waals surface area contributed by atoms with Gasteiger partial charge in [0.2, 0.25) is 0 Å². The Bertz CT molecular complexity index is 437. The van der Waals surface area contributed by atoms with E-state index >= 15 is 0 Å². The summed E-state index contributed by atoms with van der Waals surface area (Å²) in [7, 11) is 0. The maximum Gasteiger partial charge on any atom is 0.310 e. The molecule has 112 valence electrons. The molecule has 5 nitrogen and oxygen atoms in total. The van der Waals surface area contributed by atoms with Crippen LogP contribution in [-0.4, -0.2) is 24.7 Å². The molecule has 1 aromatic carbocycles. The van der Waals surface area contributed by atoms with Crippen molar-refractivity contribution in [2.24, 2.45) is 5.92 Å². The zero-order chi connectivity index (χ0) is 15.0. The third-order valence-electron chi connectivity index (χ3n) is 2.70. The van der Waals surface area contributed by atoms with Gasteiger partial charge in [0.15, 0.2) is 5.75 Å². The van der Waals surface area contributed by atoms with E-state index in [0.717, 1.165) is 12.0 Å². The van der Waals surface area contributed by atoms with Gasteiger partial charge in [0.25, 0.3) is 0 Å². The maximum absolute atomic E-state index is 10.9. The predicted octanol–water partition coefficient (Wildman–Crippen LogP) is 3.78. The van der Waals surface area contributed by atoms with Gasteiger partial charge in [0.05, 0.1) is 11.5 Å². The second-order valence-corrected chi connectivity index (χ2v) is 5.10. The second kappa shape index (κ2) is 8.76. The first-order valence-electron chi connectivity index (χ1n) is 6.58. The van der Waals surface area contributed by atoms with Crippen molar-refractivity contribution >= 4 is 17.3 Å². The molecule has 0 atom stereocenters. The third-order valence-corrected chi connectivity index (χ3v) is 3.01. The first-order valence-corrected chi connectivity index (χ1v) is 7.12. The Morgan fingerprint density at radius 2 is 2.05 bits per heavy atom. The summed E-state index contributed by atoms with van der Waals surface area (Å²) in [6, 6.07) is 4.63. The summed E-state index contributed by atoms with van der Waals surface area (Å²) in [5, 5.41) is 10.9. The van der Waals surface area contributed by atoms with Gasteiger partial charge in [0, 0.05) is 18.6 Å². The first-order chi connectivity index (χ1) is 9.54. The fourth-order valence-corrected chi connectivity index (χ4v) is 1.71. The van der Waals surface area contributed by atoms with Crippen LogP contribution in [-0.2, 0) is 10.6 Å². The summed E-state index contributed by atoms with van der Waals surface area (Å²) < 4.78 is 10.8. The fourth-order valence-electron chi connectivity index (χ4n) is 1.54. The third kappa shape index (κ3) is 5.75. The Labute approximate surface area is 124 Å². The molecule has 0 bridgehead atoms. The molecule has 0 aliphatic carbocycles. The highest BCUT2D eigenvalue weighted by molar-refractivity contribution is 6.17. The molecular weight excluding hydrogens is 282 g/mol. The van der Waals surface area contributed by atoms with Crippen molar-refractivity contribution in [2.45, 2.75) is 26.1 Å². The molecule has 0 radical (unpaired) electrons. The molecular formula is C14H20ClNO4. The molecule has 0 heterocycles. The lowest BCUT2D eigenvalue weighted by molar-refractivity contribution is -0.385. The van der Waals surface area contributed by atoms with Gasteiger partial charge < -0.3 is 9.47 Å². The van der Waals surface area contributed by atoms with Crippen LogP contribution in [0.25, 0.3) is 0 Å². The number of benzene rings is 1. The number of nitro groups is 1. The predicted molar refractivity (Wildman–Crippen MR) is 78.4 cm³/mol. The Hall–Kier alpha value is -1.33. The van der Waals surface area contributed by atoms with Crippen molar-refractivity contribution in [3.63, 3.8) is 0 Å². The molecule has 1 rings (SSSR count). The van der Waals surface area contributed by atoms with Crippen molar-refractivity contribution in [3.05, 3.63) is 33.9 Å². The molecule has 0 fully saturated rings. The average molecular weight is 302 g/mol. The molecule has 0 aliphatic rings. The fraction of sp³-hybridized carbons (Fsp3) is 0.571. The number of nitro benzene ring substituents is 1. The summed E-state index contributed by atoms with van der Waals surface area (Å²) in [6.45, 7) is 5.62. The number of hydrogen-bond acceptors (Lipinski definition) is 4. The molecule has 20 heavy (non-hydrogen) atoms. The number of rotatable bonds is 9. The van der Waals surface area contributed by atoms with Crippen molar-refractivity contribution in [1.29, 1.82) is 0 Å². The zero-order valence-electron chi connectivity index (χ0n) is 11.8. The number of ether oxygens (including phenoxy) is 2. The minimum Gasteiger partial charge on any atom is -0.484 e. The van der Waals surface area contributed by atoms with E-state index in [0.29, 0.717) is 25.0 Å². The SMILES string of the molecule is CC(C)CCOCCOc1cc(CCl)ccc1[N+](=O)[O-]. The molecule has 1 aromatic rings. The van der Waals surface area contributed by atoms with Crippen LogP contribution in [0.2, 0.25) is 0 Å². The summed E-state index contributed by atoms with van der Waals surface area (Å²) in [5.41, 5.74) is 0.731. The van der Waals surface area contributed by atoms with Crippen LogP contribution in [0.4, 0.5) is 5.69 Å². The van der Waals surface area contributed by atoms with E-state index in [-0.39, 0.29) is 18.0 Å². The van der Waals surface area contributed by atoms with Crippen molar-refractivity contribution in [2.75, 3.05) is 19.8 Å². The van der Waals surface area contributed by atoms with Crippen LogP contribution < -0.4 is 4.74 Å². The minimum absolute atomic E-state index is 0.0546. The monoisotopic (exact) mass is 301 g/mol. The molecule has 0 N–H and O–H groups in total. The molecule has 0 amide bonds. The Morgan fingerprint density at radius 1 is 1.30 bits per heavy atom. The molecule has 0 unspecified atom stereocenters. The van der Waals surface area contributed by atoms with Crippen LogP contribution in [0.15, 0.2) is 18.2 Å². The van der Waals surface area contributed by atoms with E-state index in [2.05, 4.69) is 13.8 Å². The van der Waals surface area contributed by atoms with Crippen LogP contribution in [0.3, 0.4) is 0 Å². The van der Waals surface area contributed by atoms with E-state index in [1.807, 2.05) is 0 Å². The molecule has 0 aromatic heterocycles. The highest BCUT2D eigenvalue weighted by Crippen LogP contribution is 2.28. The molecule has 0 spiro atoms. The molecule has 0 aliphatic heterocycles. The maximum atomic E-state index is 10.9. The Morgan fingerprint density at radius 3 is 2.65 bits per heavy atom. The van der Waals surface area contributed by atoms with Crippen LogP contribution in [0.5, 0.6) is 5.75 Å². The number of halogens is 1. The molecule has 0 saturated carbocycles. The van der Waals surface area contributed by atoms with Crippen LogP contribution >= 0.6 is 11.6 Å². The quantitative estimate of drug-likeness (QED) is 0.301. The average Bonchev–Trinajstić information content (AvgIpc) is 2.41. The Kier molecular flexibility index (Phi) is 7.33. The van der Waals surface area contributed by atoms with Crippen molar-refractivity contribution in [3.8, 4) is 5.75 Å². The van der Waals surface area contributed by atoms with E-state index in [9.17, 15) is 10.1 Å². The smallest absolute Gasteiger partial charge is 0.310 e. The van der Waals surface area contributed by atoms with Gasteiger partial charge >= 0.3 is 5.69 Å². The molecule has 6 heteroatoms. The summed E-state index contributed by atoms with van der Waals surface area (Å²) in [4.78, 5) is 10.4. The summed E-state index contributed by atoms with van der Waals surface area (Å²) in [6.07, 6.45) is 0.988. The second-order valence-electron chi connectivity index (χ2n) is 4.84. The van der Waals surface area contributed by atoms with Crippen LogP contribution in [0.1, 0.15) is 25.8 Å². The summed E-state index contributed by atoms with van der Waals surface area (Å²) >= 11 is 5.71. The van der Waals surface area contributed by atoms with E-state index in [1.165, 1.54) is 6.07 Å². The van der Waals surface area contributed by atoms with Gasteiger partial charge in [-0.25, -0.2) is 0 Å². The lowest BCUT2D eigenvalue weighted by Crippen LogP contribution is -2.09. The van der Waals surface area contributed by atoms with Crippen molar-refractivity contribution < 1.29 is 14.4 Å². The Balaban J connectivity index is 2.47. The lowest BCUT2D eigenvalue weighted by Gasteiger charge is -2.09. The standard InChI is InChI=1S/C14H20ClNO4/c1-11(2)5-6-19-7-8-20-14-9-12(10-15)3-4-13(14)16(17)18/h3-4,9,11H,5-8,10H2,1-2H3. The highest BCUT2D eigenvalue weighted by Gasteiger charge is 2.15. The van der Waals surface area contributed by atoms with E-state index < -0.39 is 4.92 Å².